The number of benzene rings is 6. The summed E-state index contributed by atoms with van der Waals surface area (Å²) in [5, 5.41) is 0. The fraction of sp³-hybridized carbons (Fsp3) is 0.0179. The molecule has 1 aliphatic carbocycles. The van der Waals surface area contributed by atoms with Crippen molar-refractivity contribution in [3.8, 4) is 78.7 Å². The molecule has 1 spiro atoms. The van der Waals surface area contributed by atoms with E-state index in [1.807, 2.05) is 48.4 Å². The van der Waals surface area contributed by atoms with E-state index in [1.54, 1.807) is 12.4 Å². The summed E-state index contributed by atoms with van der Waals surface area (Å²) < 4.78 is 0. The molecule has 62 heavy (non-hydrogen) atoms. The third kappa shape index (κ3) is 5.91. The summed E-state index contributed by atoms with van der Waals surface area (Å²) in [7, 11) is 0. The fourth-order valence-corrected chi connectivity index (χ4v) is 10.6. The van der Waals surface area contributed by atoms with Crippen molar-refractivity contribution in [2.75, 3.05) is 0 Å². The molecular formula is C56H35N5S. The Morgan fingerprint density at radius 2 is 0.790 bits per heavy atom. The average molecular weight is 810 g/mol. The van der Waals surface area contributed by atoms with E-state index in [2.05, 4.69) is 174 Å². The van der Waals surface area contributed by atoms with Gasteiger partial charge in [-0.05, 0) is 99.1 Å². The van der Waals surface area contributed by atoms with Crippen LogP contribution in [0.3, 0.4) is 0 Å². The molecular weight excluding hydrogens is 775 g/mol. The van der Waals surface area contributed by atoms with Crippen LogP contribution in [0.5, 0.6) is 0 Å². The molecule has 6 heteroatoms. The molecule has 0 N–H and O–H groups in total. The monoisotopic (exact) mass is 809 g/mol. The third-order valence-corrected chi connectivity index (χ3v) is 13.3. The first kappa shape index (κ1) is 36.1. The molecule has 0 saturated heterocycles. The minimum absolute atomic E-state index is 0.540. The molecule has 1 aliphatic heterocycles. The van der Waals surface area contributed by atoms with Gasteiger partial charge in [0, 0.05) is 62.4 Å². The molecule has 0 atom stereocenters. The van der Waals surface area contributed by atoms with E-state index in [0.717, 1.165) is 61.7 Å². The van der Waals surface area contributed by atoms with Gasteiger partial charge in [0.05, 0.1) is 28.2 Å². The van der Waals surface area contributed by atoms with Gasteiger partial charge < -0.3 is 0 Å². The summed E-state index contributed by atoms with van der Waals surface area (Å²) in [5.41, 5.74) is 17.8. The maximum Gasteiger partial charge on any atom is 0.160 e. The van der Waals surface area contributed by atoms with Crippen LogP contribution in [0, 0.1) is 0 Å². The second-order valence-electron chi connectivity index (χ2n) is 15.7. The van der Waals surface area contributed by atoms with E-state index in [9.17, 15) is 0 Å². The number of fused-ring (bicyclic) bond motifs is 9. The Morgan fingerprint density at radius 3 is 1.32 bits per heavy atom. The van der Waals surface area contributed by atoms with Crippen LogP contribution in [0.25, 0.3) is 78.7 Å². The van der Waals surface area contributed by atoms with E-state index in [1.165, 1.54) is 43.2 Å². The zero-order valence-electron chi connectivity index (χ0n) is 33.4. The van der Waals surface area contributed by atoms with Gasteiger partial charge in [0.15, 0.2) is 5.82 Å². The molecule has 5 nitrogen and oxygen atoms in total. The Hall–Kier alpha value is -7.80. The van der Waals surface area contributed by atoms with Crippen molar-refractivity contribution >= 4 is 11.8 Å². The highest BCUT2D eigenvalue weighted by Crippen LogP contribution is 2.62. The van der Waals surface area contributed by atoms with Gasteiger partial charge >= 0.3 is 0 Å². The highest BCUT2D eigenvalue weighted by molar-refractivity contribution is 7.99. The zero-order valence-corrected chi connectivity index (χ0v) is 34.2. The number of pyridine rings is 3. The predicted octanol–water partition coefficient (Wildman–Crippen LogP) is 13.5. The lowest BCUT2D eigenvalue weighted by atomic mass is 9.67. The lowest BCUT2D eigenvalue weighted by Crippen LogP contribution is -2.32. The van der Waals surface area contributed by atoms with Crippen LogP contribution in [0.2, 0.25) is 0 Å². The van der Waals surface area contributed by atoms with E-state index in [4.69, 9.17) is 15.0 Å². The van der Waals surface area contributed by atoms with Crippen LogP contribution < -0.4 is 0 Å². The van der Waals surface area contributed by atoms with Crippen LogP contribution in [-0.2, 0) is 5.41 Å². The average Bonchev–Trinajstić information content (AvgIpc) is 3.65. The van der Waals surface area contributed by atoms with Crippen molar-refractivity contribution in [3.05, 3.63) is 235 Å². The Bertz CT molecular complexity index is 2980. The van der Waals surface area contributed by atoms with Crippen molar-refractivity contribution in [1.82, 2.24) is 24.9 Å². The lowest BCUT2D eigenvalue weighted by Gasteiger charge is -2.40. The van der Waals surface area contributed by atoms with Crippen molar-refractivity contribution < 1.29 is 0 Å². The molecule has 0 fully saturated rings. The van der Waals surface area contributed by atoms with Crippen LogP contribution >= 0.6 is 11.8 Å². The minimum atomic E-state index is -0.540. The molecule has 0 bridgehead atoms. The number of aromatic nitrogens is 5. The van der Waals surface area contributed by atoms with Gasteiger partial charge in [-0.2, -0.15) is 0 Å². The van der Waals surface area contributed by atoms with Gasteiger partial charge in [-0.3, -0.25) is 9.97 Å². The Balaban J connectivity index is 1.07. The number of hydrogen-bond donors (Lipinski definition) is 0. The van der Waals surface area contributed by atoms with E-state index in [-0.39, 0.29) is 0 Å². The van der Waals surface area contributed by atoms with Crippen molar-refractivity contribution in [2.24, 2.45) is 0 Å². The molecule has 0 unspecified atom stereocenters. The minimum Gasteiger partial charge on any atom is -0.264 e. The smallest absolute Gasteiger partial charge is 0.160 e. The second-order valence-corrected chi connectivity index (χ2v) is 16.8. The first-order chi connectivity index (χ1) is 30.7. The lowest BCUT2D eigenvalue weighted by molar-refractivity contribution is 0.723. The number of nitrogens with zero attached hydrogens (tertiary/aromatic N) is 5. The number of hydrogen-bond acceptors (Lipinski definition) is 6. The van der Waals surface area contributed by atoms with Gasteiger partial charge in [0.1, 0.15) is 0 Å². The van der Waals surface area contributed by atoms with Crippen molar-refractivity contribution in [3.63, 3.8) is 0 Å². The Labute approximate surface area is 364 Å². The molecule has 0 radical (unpaired) electrons. The highest BCUT2D eigenvalue weighted by Gasteiger charge is 2.50. The van der Waals surface area contributed by atoms with E-state index < -0.39 is 5.41 Å². The molecule has 6 aromatic carbocycles. The van der Waals surface area contributed by atoms with Gasteiger partial charge in [-0.1, -0.05) is 145 Å². The normalized spacial score (nSPS) is 12.9. The first-order valence-electron chi connectivity index (χ1n) is 20.7. The molecule has 5 heterocycles. The second kappa shape index (κ2) is 14.7. The maximum atomic E-state index is 5.24. The van der Waals surface area contributed by atoms with Crippen LogP contribution in [0.1, 0.15) is 22.3 Å². The predicted molar refractivity (Wildman–Crippen MR) is 249 cm³/mol. The highest BCUT2D eigenvalue weighted by atomic mass is 32.2. The van der Waals surface area contributed by atoms with E-state index >= 15 is 0 Å². The summed E-state index contributed by atoms with van der Waals surface area (Å²) in [6.45, 7) is 0. The largest absolute Gasteiger partial charge is 0.264 e. The molecule has 4 aromatic heterocycles. The standard InChI is InChI=1S/C56H35N5S/c1-3-13-36(14-4-1)51-33-52(37-15-5-2-6-16-37)61-55(60-51)39-24-26-48-54(32-39)62-53-31-38(23-25-47(53)56(48)45-21-9-7-19-43(45)44-20-8-10-22-46(44)56)42-29-49(40-17-11-27-57-34-40)59-50(30-42)41-18-12-28-58-35-41/h1-35H. The molecule has 0 amide bonds. The molecule has 290 valence electrons. The van der Waals surface area contributed by atoms with Crippen molar-refractivity contribution in [1.29, 1.82) is 0 Å². The number of rotatable bonds is 6. The fourth-order valence-electron chi connectivity index (χ4n) is 9.34. The molecule has 10 aromatic rings. The Morgan fingerprint density at radius 1 is 0.323 bits per heavy atom. The summed E-state index contributed by atoms with van der Waals surface area (Å²) in [5.74, 6) is 0.692. The quantitative estimate of drug-likeness (QED) is 0.167. The van der Waals surface area contributed by atoms with E-state index in [0.29, 0.717) is 5.82 Å². The summed E-state index contributed by atoms with van der Waals surface area (Å²) >= 11 is 1.82. The summed E-state index contributed by atoms with van der Waals surface area (Å²) in [4.78, 5) is 26.8. The summed E-state index contributed by atoms with van der Waals surface area (Å²) in [6.07, 6.45) is 7.33. The molecule has 12 rings (SSSR count). The van der Waals surface area contributed by atoms with Crippen LogP contribution in [0.4, 0.5) is 0 Å². The van der Waals surface area contributed by atoms with Gasteiger partial charge in [-0.15, -0.1) is 0 Å². The first-order valence-corrected chi connectivity index (χ1v) is 21.5. The third-order valence-electron chi connectivity index (χ3n) is 12.1. The molecule has 2 aliphatic rings. The summed E-state index contributed by atoms with van der Waals surface area (Å²) in [6, 6.07) is 67.0. The maximum absolute atomic E-state index is 5.24. The van der Waals surface area contributed by atoms with Gasteiger partial charge in [0.2, 0.25) is 0 Å². The molecule has 0 saturated carbocycles. The van der Waals surface area contributed by atoms with Crippen molar-refractivity contribution in [2.45, 2.75) is 15.2 Å². The van der Waals surface area contributed by atoms with Crippen LogP contribution in [-0.4, -0.2) is 24.9 Å². The van der Waals surface area contributed by atoms with Crippen LogP contribution in [0.15, 0.2) is 223 Å². The Kier molecular flexibility index (Phi) is 8.57. The zero-order chi connectivity index (χ0) is 41.0. The SMILES string of the molecule is c1ccc(-c2cc(-c3ccccc3)nc(-c3ccc4c(c3)Sc3cc(-c5cc(-c6cccnc6)nc(-c6cccnc6)c5)ccc3C43c4ccccc4-c4ccccc43)n2)cc1. The topological polar surface area (TPSA) is 64.5 Å². The van der Waals surface area contributed by atoms with Gasteiger partial charge in [-0.25, -0.2) is 15.0 Å². The van der Waals surface area contributed by atoms with Gasteiger partial charge in [0.25, 0.3) is 0 Å².